The summed E-state index contributed by atoms with van der Waals surface area (Å²) in [4.78, 5) is 28.1. The molecule has 0 aliphatic carbocycles. The predicted octanol–water partition coefficient (Wildman–Crippen LogP) is 2.15. The molecule has 0 saturated heterocycles. The van der Waals surface area contributed by atoms with E-state index < -0.39 is 24.5 Å². The van der Waals surface area contributed by atoms with Crippen LogP contribution in [-0.4, -0.2) is 34.4 Å². The molecule has 0 atom stereocenters. The van der Waals surface area contributed by atoms with Gasteiger partial charge >= 0.3 is 18.0 Å². The number of hydrogen-bond donors (Lipinski definition) is 3. The van der Waals surface area contributed by atoms with Crippen molar-refractivity contribution in [3.63, 3.8) is 0 Å². The summed E-state index contributed by atoms with van der Waals surface area (Å²) in [6.45, 7) is -0.635. The fourth-order valence-corrected chi connectivity index (χ4v) is 2.88. The Hall–Kier alpha value is -2.81. The topological polar surface area (TPSA) is 77.2 Å². The second kappa shape index (κ2) is 7.20. The van der Waals surface area contributed by atoms with Crippen molar-refractivity contribution in [2.75, 3.05) is 11.9 Å². The van der Waals surface area contributed by atoms with Gasteiger partial charge in [0.1, 0.15) is 0 Å². The van der Waals surface area contributed by atoms with Crippen molar-refractivity contribution in [2.45, 2.75) is 25.8 Å². The van der Waals surface area contributed by atoms with Crippen LogP contribution in [0.25, 0.3) is 0 Å². The third kappa shape index (κ3) is 4.42. The van der Waals surface area contributed by atoms with Crippen LogP contribution in [0, 0.1) is 0 Å². The van der Waals surface area contributed by atoms with Crippen LogP contribution in [0.15, 0.2) is 36.5 Å². The van der Waals surface area contributed by atoms with Crippen LogP contribution in [-0.2, 0) is 29.2 Å². The fraction of sp³-hybridized carbons (Fsp3) is 0.294. The van der Waals surface area contributed by atoms with Crippen LogP contribution in [0.2, 0.25) is 0 Å². The maximum Gasteiger partial charge on any atom is 0.401 e. The first kappa shape index (κ1) is 18.0. The number of benzene rings is 1. The molecule has 1 aromatic heterocycles. The molecule has 6 nitrogen and oxygen atoms in total. The molecule has 3 rings (SSSR count). The molecule has 0 bridgehead atoms. The SMILES string of the molecule is O=C(NCc1ccc[nH]1)C(=O)Nc1cccc2c1CN(CC(F)(F)F)C2. The van der Waals surface area contributed by atoms with Gasteiger partial charge in [0.25, 0.3) is 0 Å². The summed E-state index contributed by atoms with van der Waals surface area (Å²) in [5, 5.41) is 4.96. The summed E-state index contributed by atoms with van der Waals surface area (Å²) in [7, 11) is 0. The Kier molecular flexibility index (Phi) is 4.99. The number of amides is 2. The van der Waals surface area contributed by atoms with Crippen LogP contribution in [0.1, 0.15) is 16.8 Å². The first-order valence-electron chi connectivity index (χ1n) is 7.93. The molecule has 0 saturated carbocycles. The number of hydrogen-bond acceptors (Lipinski definition) is 3. The zero-order valence-electron chi connectivity index (χ0n) is 13.7. The number of carbonyl (C=O) groups is 2. The largest absolute Gasteiger partial charge is 0.401 e. The van der Waals surface area contributed by atoms with Crippen molar-refractivity contribution in [3.05, 3.63) is 53.3 Å². The molecule has 1 aliphatic rings. The Bertz CT molecular complexity index is 803. The van der Waals surface area contributed by atoms with E-state index in [0.717, 1.165) is 5.69 Å². The van der Waals surface area contributed by atoms with Gasteiger partial charge in [0.15, 0.2) is 0 Å². The predicted molar refractivity (Wildman–Crippen MR) is 87.9 cm³/mol. The first-order valence-corrected chi connectivity index (χ1v) is 7.93. The molecule has 2 heterocycles. The molecular formula is C17H17F3N4O2. The van der Waals surface area contributed by atoms with Crippen molar-refractivity contribution in [1.82, 2.24) is 15.2 Å². The van der Waals surface area contributed by atoms with Gasteiger partial charge in [-0.1, -0.05) is 12.1 Å². The van der Waals surface area contributed by atoms with E-state index in [-0.39, 0.29) is 19.6 Å². The first-order chi connectivity index (χ1) is 12.3. The van der Waals surface area contributed by atoms with Crippen LogP contribution >= 0.6 is 0 Å². The van der Waals surface area contributed by atoms with Gasteiger partial charge in [-0.15, -0.1) is 0 Å². The number of aromatic nitrogens is 1. The van der Waals surface area contributed by atoms with Crippen molar-refractivity contribution in [3.8, 4) is 0 Å². The minimum atomic E-state index is -4.29. The van der Waals surface area contributed by atoms with E-state index in [0.29, 0.717) is 16.8 Å². The molecule has 9 heteroatoms. The van der Waals surface area contributed by atoms with E-state index in [1.165, 1.54) is 4.90 Å². The maximum atomic E-state index is 12.6. The van der Waals surface area contributed by atoms with E-state index in [1.54, 1.807) is 36.5 Å². The molecule has 0 radical (unpaired) electrons. The van der Waals surface area contributed by atoms with Crippen molar-refractivity contribution in [2.24, 2.45) is 0 Å². The van der Waals surface area contributed by atoms with Crippen molar-refractivity contribution < 1.29 is 22.8 Å². The Labute approximate surface area is 147 Å². The monoisotopic (exact) mass is 366 g/mol. The highest BCUT2D eigenvalue weighted by molar-refractivity contribution is 6.39. The molecule has 0 unspecified atom stereocenters. The second-order valence-corrected chi connectivity index (χ2v) is 6.04. The molecule has 138 valence electrons. The standard InChI is InChI=1S/C17H17F3N4O2/c18-17(19,20)10-24-8-11-3-1-5-14(13(11)9-24)23-16(26)15(25)22-7-12-4-2-6-21-12/h1-6,21H,7-10H2,(H,22,25)(H,23,26). The summed E-state index contributed by atoms with van der Waals surface area (Å²) in [5.41, 5.74) is 2.41. The van der Waals surface area contributed by atoms with E-state index in [2.05, 4.69) is 15.6 Å². The Morgan fingerprint density at radius 3 is 2.62 bits per heavy atom. The number of fused-ring (bicyclic) bond motifs is 1. The lowest BCUT2D eigenvalue weighted by atomic mass is 10.1. The Balaban J connectivity index is 1.62. The number of carbonyl (C=O) groups excluding carboxylic acids is 2. The van der Waals surface area contributed by atoms with Gasteiger partial charge in [-0.05, 0) is 29.3 Å². The minimum absolute atomic E-state index is 0.0649. The van der Waals surface area contributed by atoms with Gasteiger partial charge < -0.3 is 15.6 Å². The quantitative estimate of drug-likeness (QED) is 0.726. The Morgan fingerprint density at radius 2 is 1.92 bits per heavy atom. The Morgan fingerprint density at radius 1 is 1.12 bits per heavy atom. The number of halogens is 3. The van der Waals surface area contributed by atoms with Gasteiger partial charge in [-0.2, -0.15) is 13.2 Å². The minimum Gasteiger partial charge on any atom is -0.364 e. The fourth-order valence-electron chi connectivity index (χ4n) is 2.88. The van der Waals surface area contributed by atoms with Crippen molar-refractivity contribution >= 4 is 17.5 Å². The summed E-state index contributed by atoms with van der Waals surface area (Å²) in [5.74, 6) is -1.68. The van der Waals surface area contributed by atoms with Gasteiger partial charge in [0, 0.05) is 30.7 Å². The molecule has 3 N–H and O–H groups in total. The third-order valence-electron chi connectivity index (χ3n) is 4.01. The lowest BCUT2D eigenvalue weighted by molar-refractivity contribution is -0.147. The molecule has 1 aliphatic heterocycles. The molecular weight excluding hydrogens is 349 g/mol. The van der Waals surface area contributed by atoms with E-state index >= 15 is 0 Å². The van der Waals surface area contributed by atoms with Crippen LogP contribution in [0.4, 0.5) is 18.9 Å². The van der Waals surface area contributed by atoms with E-state index in [1.807, 2.05) is 0 Å². The number of nitrogens with zero attached hydrogens (tertiary/aromatic N) is 1. The summed E-state index contributed by atoms with van der Waals surface area (Å²) < 4.78 is 37.7. The highest BCUT2D eigenvalue weighted by Gasteiger charge is 2.34. The molecule has 0 spiro atoms. The van der Waals surface area contributed by atoms with Gasteiger partial charge in [0.05, 0.1) is 13.1 Å². The van der Waals surface area contributed by atoms with Gasteiger partial charge in [0.2, 0.25) is 0 Å². The molecule has 1 aromatic carbocycles. The zero-order chi connectivity index (χ0) is 18.7. The summed E-state index contributed by atoms with van der Waals surface area (Å²) in [6.07, 6.45) is -2.59. The zero-order valence-corrected chi connectivity index (χ0v) is 13.7. The molecule has 2 amide bonds. The normalized spacial score (nSPS) is 14.1. The smallest absolute Gasteiger partial charge is 0.364 e. The number of alkyl halides is 3. The van der Waals surface area contributed by atoms with E-state index in [4.69, 9.17) is 0 Å². The molecule has 2 aromatic rings. The number of rotatable bonds is 4. The highest BCUT2D eigenvalue weighted by Crippen LogP contribution is 2.31. The van der Waals surface area contributed by atoms with Crippen LogP contribution in [0.3, 0.4) is 0 Å². The lowest BCUT2D eigenvalue weighted by Gasteiger charge is -2.16. The summed E-state index contributed by atoms with van der Waals surface area (Å²) >= 11 is 0. The second-order valence-electron chi connectivity index (χ2n) is 6.04. The third-order valence-corrected chi connectivity index (χ3v) is 4.01. The highest BCUT2D eigenvalue weighted by atomic mass is 19.4. The lowest BCUT2D eigenvalue weighted by Crippen LogP contribution is -2.35. The van der Waals surface area contributed by atoms with Crippen LogP contribution in [0.5, 0.6) is 0 Å². The van der Waals surface area contributed by atoms with Gasteiger partial charge in [-0.3, -0.25) is 14.5 Å². The number of nitrogens with one attached hydrogen (secondary N) is 3. The average molecular weight is 366 g/mol. The number of aromatic amines is 1. The number of H-pyrrole nitrogens is 1. The summed E-state index contributed by atoms with van der Waals surface area (Å²) in [6, 6.07) is 8.46. The number of anilines is 1. The maximum absolute atomic E-state index is 12.6. The van der Waals surface area contributed by atoms with Gasteiger partial charge in [-0.25, -0.2) is 0 Å². The molecule has 26 heavy (non-hydrogen) atoms. The van der Waals surface area contributed by atoms with Crippen LogP contribution < -0.4 is 10.6 Å². The van der Waals surface area contributed by atoms with E-state index in [9.17, 15) is 22.8 Å². The van der Waals surface area contributed by atoms with Crippen molar-refractivity contribution in [1.29, 1.82) is 0 Å². The molecule has 0 fully saturated rings. The average Bonchev–Trinajstić information content (AvgIpc) is 3.20.